The number of nitrogens with one attached hydrogen (secondary N) is 1. The van der Waals surface area contributed by atoms with Crippen LogP contribution < -0.4 is 17.0 Å². The van der Waals surface area contributed by atoms with Crippen LogP contribution >= 0.6 is 15.9 Å². The number of rotatable bonds is 4. The van der Waals surface area contributed by atoms with Crippen molar-refractivity contribution in [3.05, 3.63) is 57.2 Å². The van der Waals surface area contributed by atoms with E-state index in [0.717, 1.165) is 16.5 Å². The first kappa shape index (κ1) is 15.0. The third-order valence-corrected chi connectivity index (χ3v) is 4.60. The molecule has 0 aliphatic heterocycles. The van der Waals surface area contributed by atoms with Gasteiger partial charge in [0.05, 0.1) is 6.04 Å². The number of nitrogen functional groups attached to an aromatic ring is 1. The number of hydrazine groups is 1. The van der Waals surface area contributed by atoms with E-state index in [4.69, 9.17) is 11.6 Å². The Kier molecular flexibility index (Phi) is 4.75. The Labute approximate surface area is 127 Å². The molecule has 1 atom stereocenters. The molecule has 1 unspecified atom stereocenters. The van der Waals surface area contributed by atoms with Crippen molar-refractivity contribution < 1.29 is 0 Å². The minimum absolute atomic E-state index is 0.0438. The van der Waals surface area contributed by atoms with E-state index in [1.165, 1.54) is 16.7 Å². The minimum Gasteiger partial charge on any atom is -0.384 e. The fraction of sp³-hybridized carbons (Fsp3) is 0.267. The van der Waals surface area contributed by atoms with Crippen molar-refractivity contribution in [1.82, 2.24) is 10.4 Å². The smallest absolute Gasteiger partial charge is 0.123 e. The maximum atomic E-state index is 5.72. The van der Waals surface area contributed by atoms with E-state index >= 15 is 0 Å². The van der Waals surface area contributed by atoms with Crippen molar-refractivity contribution in [3.63, 3.8) is 0 Å². The molecular weight excluding hydrogens is 316 g/mol. The van der Waals surface area contributed by atoms with E-state index < -0.39 is 0 Å². The molecule has 0 aliphatic rings. The average molecular weight is 335 g/mol. The standard InChI is InChI=1S/C15H19BrN4/c1-9-5-12(6-10(2)15(9)16)13(20-18)7-11-3-4-19-14(17)8-11/h3-6,8,13,20H,7,18H2,1-2H3,(H2,17,19). The van der Waals surface area contributed by atoms with Crippen molar-refractivity contribution in [1.29, 1.82) is 0 Å². The average Bonchev–Trinajstić information content (AvgIpc) is 2.41. The van der Waals surface area contributed by atoms with Crippen LogP contribution in [0.15, 0.2) is 34.9 Å². The molecule has 0 spiro atoms. The Morgan fingerprint density at radius 2 is 1.90 bits per heavy atom. The molecular formula is C15H19BrN4. The molecule has 0 bridgehead atoms. The molecule has 0 aliphatic carbocycles. The minimum atomic E-state index is 0.0438. The van der Waals surface area contributed by atoms with Crippen LogP contribution in [0.4, 0.5) is 5.82 Å². The van der Waals surface area contributed by atoms with Gasteiger partial charge in [-0.1, -0.05) is 28.1 Å². The second kappa shape index (κ2) is 6.35. The monoisotopic (exact) mass is 334 g/mol. The van der Waals surface area contributed by atoms with Gasteiger partial charge >= 0.3 is 0 Å². The molecule has 4 nitrogen and oxygen atoms in total. The van der Waals surface area contributed by atoms with Gasteiger partial charge in [-0.05, 0) is 54.7 Å². The lowest BCUT2D eigenvalue weighted by Gasteiger charge is -2.18. The lowest BCUT2D eigenvalue weighted by molar-refractivity contribution is 0.551. The summed E-state index contributed by atoms with van der Waals surface area (Å²) in [7, 11) is 0. The second-order valence-electron chi connectivity index (χ2n) is 4.98. The van der Waals surface area contributed by atoms with Crippen LogP contribution in [0.5, 0.6) is 0 Å². The van der Waals surface area contributed by atoms with Gasteiger partial charge in [-0.15, -0.1) is 0 Å². The van der Waals surface area contributed by atoms with Gasteiger partial charge in [-0.2, -0.15) is 0 Å². The van der Waals surface area contributed by atoms with Crippen LogP contribution in [0, 0.1) is 13.8 Å². The van der Waals surface area contributed by atoms with Crippen molar-refractivity contribution >= 4 is 21.7 Å². The van der Waals surface area contributed by atoms with Gasteiger partial charge in [0.1, 0.15) is 5.82 Å². The zero-order chi connectivity index (χ0) is 14.7. The summed E-state index contributed by atoms with van der Waals surface area (Å²) in [6.45, 7) is 4.16. The number of benzene rings is 1. The molecule has 1 heterocycles. The lowest BCUT2D eigenvalue weighted by Crippen LogP contribution is -2.29. The molecule has 0 saturated heterocycles. The fourth-order valence-electron chi connectivity index (χ4n) is 2.31. The number of pyridine rings is 1. The zero-order valence-corrected chi connectivity index (χ0v) is 13.2. The molecule has 2 aromatic rings. The number of aromatic nitrogens is 1. The molecule has 1 aromatic carbocycles. The summed E-state index contributed by atoms with van der Waals surface area (Å²) < 4.78 is 1.14. The summed E-state index contributed by atoms with van der Waals surface area (Å²) in [5.41, 5.74) is 13.3. The largest absolute Gasteiger partial charge is 0.384 e. The van der Waals surface area contributed by atoms with Crippen LogP contribution in [-0.2, 0) is 6.42 Å². The topological polar surface area (TPSA) is 77.0 Å². The number of nitrogens with two attached hydrogens (primary N) is 2. The first-order valence-corrected chi connectivity index (χ1v) is 7.23. The predicted molar refractivity (Wildman–Crippen MR) is 86.0 cm³/mol. The highest BCUT2D eigenvalue weighted by Gasteiger charge is 2.13. The molecule has 106 valence electrons. The highest BCUT2D eigenvalue weighted by atomic mass is 79.9. The van der Waals surface area contributed by atoms with Gasteiger partial charge in [-0.25, -0.2) is 4.98 Å². The van der Waals surface area contributed by atoms with Crippen LogP contribution in [0.25, 0.3) is 0 Å². The molecule has 5 N–H and O–H groups in total. The number of halogens is 1. The Bertz CT molecular complexity index is 590. The maximum Gasteiger partial charge on any atom is 0.123 e. The number of hydrogen-bond donors (Lipinski definition) is 3. The third-order valence-electron chi connectivity index (χ3n) is 3.35. The lowest BCUT2D eigenvalue weighted by atomic mass is 9.97. The number of anilines is 1. The van der Waals surface area contributed by atoms with Crippen LogP contribution in [-0.4, -0.2) is 4.98 Å². The Morgan fingerprint density at radius 3 is 2.45 bits per heavy atom. The van der Waals surface area contributed by atoms with Gasteiger partial charge in [0.2, 0.25) is 0 Å². The van der Waals surface area contributed by atoms with E-state index in [9.17, 15) is 0 Å². The molecule has 0 saturated carbocycles. The van der Waals surface area contributed by atoms with Crippen molar-refractivity contribution in [2.75, 3.05) is 5.73 Å². The number of nitrogens with zero attached hydrogens (tertiary/aromatic N) is 1. The van der Waals surface area contributed by atoms with Crippen molar-refractivity contribution in [3.8, 4) is 0 Å². The summed E-state index contributed by atoms with van der Waals surface area (Å²) in [5.74, 6) is 6.25. The third kappa shape index (κ3) is 3.36. The van der Waals surface area contributed by atoms with Gasteiger partial charge < -0.3 is 5.73 Å². The molecule has 2 rings (SSSR count). The molecule has 1 aromatic heterocycles. The number of aryl methyl sites for hydroxylation is 2. The van der Waals surface area contributed by atoms with Gasteiger partial charge in [0, 0.05) is 10.7 Å². The van der Waals surface area contributed by atoms with E-state index in [1.54, 1.807) is 6.20 Å². The normalized spacial score (nSPS) is 12.4. The summed E-state index contributed by atoms with van der Waals surface area (Å²) in [6.07, 6.45) is 2.49. The first-order valence-electron chi connectivity index (χ1n) is 6.44. The van der Waals surface area contributed by atoms with E-state index in [2.05, 4.69) is 52.3 Å². The second-order valence-corrected chi connectivity index (χ2v) is 5.77. The van der Waals surface area contributed by atoms with Crippen LogP contribution in [0.1, 0.15) is 28.3 Å². The maximum absolute atomic E-state index is 5.72. The SMILES string of the molecule is Cc1cc(C(Cc2ccnc(N)c2)NN)cc(C)c1Br. The van der Waals surface area contributed by atoms with E-state index in [-0.39, 0.29) is 6.04 Å². The molecule has 0 fully saturated rings. The zero-order valence-electron chi connectivity index (χ0n) is 11.7. The van der Waals surface area contributed by atoms with E-state index in [1.807, 2.05) is 12.1 Å². The highest BCUT2D eigenvalue weighted by molar-refractivity contribution is 9.10. The summed E-state index contributed by atoms with van der Waals surface area (Å²) in [5, 5.41) is 0. The summed E-state index contributed by atoms with van der Waals surface area (Å²) in [4.78, 5) is 4.01. The molecule has 20 heavy (non-hydrogen) atoms. The quantitative estimate of drug-likeness (QED) is 0.593. The van der Waals surface area contributed by atoms with Gasteiger partial charge in [0.15, 0.2) is 0 Å². The molecule has 0 radical (unpaired) electrons. The number of hydrogen-bond acceptors (Lipinski definition) is 4. The summed E-state index contributed by atoms with van der Waals surface area (Å²) >= 11 is 3.58. The van der Waals surface area contributed by atoms with Crippen LogP contribution in [0.3, 0.4) is 0 Å². The molecule has 5 heteroatoms. The molecule has 0 amide bonds. The van der Waals surface area contributed by atoms with Crippen molar-refractivity contribution in [2.24, 2.45) is 5.84 Å². The van der Waals surface area contributed by atoms with Crippen molar-refractivity contribution in [2.45, 2.75) is 26.3 Å². The predicted octanol–water partition coefficient (Wildman–Crippen LogP) is 2.79. The Hall–Kier alpha value is -1.43. The highest BCUT2D eigenvalue weighted by Crippen LogP contribution is 2.27. The van der Waals surface area contributed by atoms with Crippen LogP contribution in [0.2, 0.25) is 0 Å². The Balaban J connectivity index is 2.29. The fourth-order valence-corrected chi connectivity index (χ4v) is 2.54. The summed E-state index contributed by atoms with van der Waals surface area (Å²) in [6, 6.07) is 8.17. The first-order chi connectivity index (χ1) is 9.51. The Morgan fingerprint density at radius 1 is 1.25 bits per heavy atom. The van der Waals surface area contributed by atoms with E-state index in [0.29, 0.717) is 5.82 Å². The van der Waals surface area contributed by atoms with Gasteiger partial charge in [-0.3, -0.25) is 11.3 Å². The van der Waals surface area contributed by atoms with Gasteiger partial charge in [0.25, 0.3) is 0 Å².